The van der Waals surface area contributed by atoms with E-state index < -0.39 is 28.1 Å². The minimum Gasteiger partial charge on any atom is -0.361 e. The quantitative estimate of drug-likeness (QED) is 0.133. The second-order valence-electron chi connectivity index (χ2n) is 8.96. The van der Waals surface area contributed by atoms with Crippen molar-refractivity contribution in [2.24, 2.45) is 0 Å². The number of para-hydroxylation sites is 2. The van der Waals surface area contributed by atoms with Gasteiger partial charge >= 0.3 is 0 Å². The maximum absolute atomic E-state index is 13.6. The average Bonchev–Trinajstić information content (AvgIpc) is 3.53. The summed E-state index contributed by atoms with van der Waals surface area (Å²) >= 11 is 0. The molecular formula is C28H27N5O4S. The Bertz CT molecular complexity index is 1680. The van der Waals surface area contributed by atoms with Crippen molar-refractivity contribution in [1.29, 1.82) is 0 Å². The van der Waals surface area contributed by atoms with Gasteiger partial charge in [-0.3, -0.25) is 9.59 Å². The Hall–Kier alpha value is -4.41. The highest BCUT2D eigenvalue weighted by Crippen LogP contribution is 2.21. The SMILES string of the molecule is O=CN[C@@H](Cc1c[nH]c2ccccc12)NC(=O)[C@@H](Cc1c[nH]c2ccccc12)NS(=O)(=O)c1ccccc1. The van der Waals surface area contributed by atoms with E-state index in [0.717, 1.165) is 32.9 Å². The van der Waals surface area contributed by atoms with Gasteiger partial charge in [-0.05, 0) is 41.8 Å². The Morgan fingerprint density at radius 3 is 1.95 bits per heavy atom. The van der Waals surface area contributed by atoms with Crippen molar-refractivity contribution in [3.8, 4) is 0 Å². The summed E-state index contributed by atoms with van der Waals surface area (Å²) in [5, 5.41) is 7.33. The van der Waals surface area contributed by atoms with E-state index in [9.17, 15) is 18.0 Å². The summed E-state index contributed by atoms with van der Waals surface area (Å²) in [6.07, 6.45) is 3.77. The van der Waals surface area contributed by atoms with E-state index in [1.165, 1.54) is 12.1 Å². The van der Waals surface area contributed by atoms with Crippen molar-refractivity contribution < 1.29 is 18.0 Å². The summed E-state index contributed by atoms with van der Waals surface area (Å²) in [5.74, 6) is -0.561. The minimum absolute atomic E-state index is 0.0538. The lowest BCUT2D eigenvalue weighted by molar-refractivity contribution is -0.123. The minimum atomic E-state index is -4.00. The van der Waals surface area contributed by atoms with Crippen LogP contribution in [0.2, 0.25) is 0 Å². The van der Waals surface area contributed by atoms with Gasteiger partial charge in [-0.1, -0.05) is 54.6 Å². The van der Waals surface area contributed by atoms with E-state index >= 15 is 0 Å². The Balaban J connectivity index is 1.42. The molecule has 0 radical (unpaired) electrons. The van der Waals surface area contributed by atoms with Crippen LogP contribution in [-0.2, 0) is 32.5 Å². The molecule has 38 heavy (non-hydrogen) atoms. The van der Waals surface area contributed by atoms with Gasteiger partial charge < -0.3 is 20.6 Å². The number of sulfonamides is 1. The Labute approximate surface area is 219 Å². The number of hydrogen-bond acceptors (Lipinski definition) is 4. The lowest BCUT2D eigenvalue weighted by atomic mass is 10.0. The van der Waals surface area contributed by atoms with Crippen LogP contribution in [0.15, 0.2) is 96.2 Å². The molecule has 0 unspecified atom stereocenters. The number of amides is 2. The maximum atomic E-state index is 13.6. The topological polar surface area (TPSA) is 136 Å². The zero-order valence-electron chi connectivity index (χ0n) is 20.3. The molecule has 0 saturated heterocycles. The Kier molecular flexibility index (Phi) is 7.25. The molecule has 5 aromatic rings. The van der Waals surface area contributed by atoms with Gasteiger partial charge in [0.05, 0.1) is 4.90 Å². The molecule has 0 aliphatic rings. The average molecular weight is 530 g/mol. The van der Waals surface area contributed by atoms with Crippen LogP contribution >= 0.6 is 0 Å². The van der Waals surface area contributed by atoms with Gasteiger partial charge in [0.25, 0.3) is 0 Å². The molecule has 5 N–H and O–H groups in total. The summed E-state index contributed by atoms with van der Waals surface area (Å²) in [4.78, 5) is 31.4. The van der Waals surface area contributed by atoms with Crippen LogP contribution in [0.4, 0.5) is 0 Å². The molecule has 2 aromatic heterocycles. The molecule has 10 heteroatoms. The lowest BCUT2D eigenvalue weighted by Crippen LogP contribution is -2.54. The van der Waals surface area contributed by atoms with E-state index in [-0.39, 0.29) is 11.3 Å². The van der Waals surface area contributed by atoms with Crippen molar-refractivity contribution in [3.05, 3.63) is 102 Å². The van der Waals surface area contributed by atoms with Gasteiger partial charge in [-0.25, -0.2) is 8.42 Å². The van der Waals surface area contributed by atoms with E-state index in [1.54, 1.807) is 24.4 Å². The summed E-state index contributed by atoms with van der Waals surface area (Å²) in [6, 6.07) is 22.1. The standard InChI is InChI=1S/C28H27N5O4S/c34-18-31-27(15-20-17-30-25-13-7-5-11-23(20)25)32-28(35)26(33-38(36,37)21-8-2-1-3-9-21)14-19-16-29-24-12-6-4-10-22(19)24/h1-13,16-18,26-27,29-30,33H,14-15H2,(H,31,34)(H,32,35)/t26-,27-/m1/s1. The smallest absolute Gasteiger partial charge is 0.241 e. The number of H-pyrrole nitrogens is 2. The maximum Gasteiger partial charge on any atom is 0.241 e. The molecule has 0 saturated carbocycles. The molecule has 9 nitrogen and oxygen atoms in total. The third-order valence-corrected chi connectivity index (χ3v) is 7.94. The number of carbonyl (C=O) groups excluding carboxylic acids is 2. The normalized spacial score (nSPS) is 13.3. The molecule has 3 aromatic carbocycles. The number of fused-ring (bicyclic) bond motifs is 2. The summed E-state index contributed by atoms with van der Waals surface area (Å²) < 4.78 is 28.9. The van der Waals surface area contributed by atoms with Crippen LogP contribution in [-0.4, -0.2) is 42.9 Å². The van der Waals surface area contributed by atoms with Gasteiger partial charge in [0, 0.05) is 40.6 Å². The van der Waals surface area contributed by atoms with Crippen molar-refractivity contribution in [2.75, 3.05) is 0 Å². The predicted molar refractivity (Wildman–Crippen MR) is 146 cm³/mol. The predicted octanol–water partition coefficient (Wildman–Crippen LogP) is 2.97. The molecule has 0 aliphatic heterocycles. The fourth-order valence-corrected chi connectivity index (χ4v) is 5.81. The molecular weight excluding hydrogens is 502 g/mol. The van der Waals surface area contributed by atoms with Crippen LogP contribution in [0.25, 0.3) is 21.8 Å². The van der Waals surface area contributed by atoms with Crippen molar-refractivity contribution in [3.63, 3.8) is 0 Å². The highest BCUT2D eigenvalue weighted by Gasteiger charge is 2.28. The van der Waals surface area contributed by atoms with Crippen LogP contribution in [0.1, 0.15) is 11.1 Å². The molecule has 2 atom stereocenters. The molecule has 0 aliphatic carbocycles. The first-order valence-corrected chi connectivity index (χ1v) is 13.6. The zero-order valence-corrected chi connectivity index (χ0v) is 21.2. The highest BCUT2D eigenvalue weighted by atomic mass is 32.2. The molecule has 5 rings (SSSR count). The monoisotopic (exact) mass is 529 g/mol. The number of rotatable bonds is 11. The lowest BCUT2D eigenvalue weighted by Gasteiger charge is -2.23. The zero-order chi connectivity index (χ0) is 26.5. The number of hydrogen-bond donors (Lipinski definition) is 5. The Morgan fingerprint density at radius 2 is 1.34 bits per heavy atom. The van der Waals surface area contributed by atoms with Gasteiger partial charge in [-0.2, -0.15) is 4.72 Å². The van der Waals surface area contributed by atoms with E-state index in [1.807, 2.05) is 54.7 Å². The van der Waals surface area contributed by atoms with E-state index in [4.69, 9.17) is 0 Å². The first kappa shape index (κ1) is 25.2. The fourth-order valence-electron chi connectivity index (χ4n) is 4.59. The van der Waals surface area contributed by atoms with Crippen molar-refractivity contribution in [1.82, 2.24) is 25.3 Å². The van der Waals surface area contributed by atoms with Gasteiger partial charge in [0.1, 0.15) is 12.2 Å². The molecule has 0 bridgehead atoms. The molecule has 2 amide bonds. The molecule has 0 fully saturated rings. The third kappa shape index (κ3) is 5.46. The van der Waals surface area contributed by atoms with Crippen LogP contribution in [0, 0.1) is 0 Å². The van der Waals surface area contributed by atoms with Gasteiger partial charge in [-0.15, -0.1) is 0 Å². The fraction of sp³-hybridized carbons (Fsp3) is 0.143. The van der Waals surface area contributed by atoms with Gasteiger partial charge in [0.15, 0.2) is 0 Å². The number of carbonyl (C=O) groups is 2. The number of benzene rings is 3. The Morgan fingerprint density at radius 1 is 0.789 bits per heavy atom. The largest absolute Gasteiger partial charge is 0.361 e. The summed E-state index contributed by atoms with van der Waals surface area (Å²) in [7, 11) is -4.00. The first-order chi connectivity index (χ1) is 18.4. The first-order valence-electron chi connectivity index (χ1n) is 12.1. The summed E-state index contributed by atoms with van der Waals surface area (Å²) in [5.41, 5.74) is 3.50. The second-order valence-corrected chi connectivity index (χ2v) is 10.7. The highest BCUT2D eigenvalue weighted by molar-refractivity contribution is 7.89. The van der Waals surface area contributed by atoms with Crippen LogP contribution < -0.4 is 15.4 Å². The number of nitrogens with one attached hydrogen (secondary N) is 5. The molecule has 2 heterocycles. The van der Waals surface area contributed by atoms with Crippen LogP contribution in [0.3, 0.4) is 0 Å². The van der Waals surface area contributed by atoms with Crippen LogP contribution in [0.5, 0.6) is 0 Å². The van der Waals surface area contributed by atoms with Crippen molar-refractivity contribution in [2.45, 2.75) is 29.9 Å². The van der Waals surface area contributed by atoms with Gasteiger partial charge in [0.2, 0.25) is 22.3 Å². The second kappa shape index (κ2) is 10.9. The molecule has 0 spiro atoms. The third-order valence-electron chi connectivity index (χ3n) is 6.45. The van der Waals surface area contributed by atoms with E-state index in [0.29, 0.717) is 12.8 Å². The van der Waals surface area contributed by atoms with Crippen molar-refractivity contribution >= 4 is 44.1 Å². The number of aromatic nitrogens is 2. The summed E-state index contributed by atoms with van der Waals surface area (Å²) in [6.45, 7) is 0. The number of aromatic amines is 2. The van der Waals surface area contributed by atoms with E-state index in [2.05, 4.69) is 25.3 Å². The molecule has 194 valence electrons.